The Morgan fingerprint density at radius 1 is 1.42 bits per heavy atom. The summed E-state index contributed by atoms with van der Waals surface area (Å²) in [7, 11) is 1.65. The molecule has 0 bridgehead atoms. The number of carbonyl (C=O) groups excluding carboxylic acids is 1. The highest BCUT2D eigenvalue weighted by atomic mass is 32.2. The molecule has 2 rings (SSSR count). The van der Waals surface area contributed by atoms with Crippen molar-refractivity contribution in [2.24, 2.45) is 4.99 Å². The molecule has 1 aromatic rings. The van der Waals surface area contributed by atoms with E-state index in [1.165, 1.54) is 6.92 Å². The van der Waals surface area contributed by atoms with Gasteiger partial charge in [-0.3, -0.25) is 9.79 Å². The van der Waals surface area contributed by atoms with Gasteiger partial charge in [0.1, 0.15) is 5.75 Å². The van der Waals surface area contributed by atoms with E-state index in [2.05, 4.69) is 17.2 Å². The molecule has 0 radical (unpaired) electrons. The molecule has 1 aromatic carbocycles. The number of nitrogens with one attached hydrogen (secondary N) is 1. The van der Waals surface area contributed by atoms with Gasteiger partial charge in [-0.1, -0.05) is 23.9 Å². The number of carbonyl (C=O) groups is 1. The van der Waals surface area contributed by atoms with E-state index in [-0.39, 0.29) is 11.4 Å². The molecule has 0 saturated carbocycles. The van der Waals surface area contributed by atoms with Gasteiger partial charge in [0.15, 0.2) is 5.17 Å². The van der Waals surface area contributed by atoms with Crippen molar-refractivity contribution >= 4 is 22.8 Å². The maximum atomic E-state index is 11.1. The fraction of sp³-hybridized carbons (Fsp3) is 0.429. The highest BCUT2D eigenvalue weighted by Crippen LogP contribution is 2.35. The van der Waals surface area contributed by atoms with Crippen LogP contribution in [0.15, 0.2) is 29.3 Å². The maximum absolute atomic E-state index is 11.1. The molecule has 5 heteroatoms. The average molecular weight is 278 g/mol. The number of rotatable bonds is 2. The summed E-state index contributed by atoms with van der Waals surface area (Å²) in [5.74, 6) is 1.70. The first-order chi connectivity index (χ1) is 9.03. The summed E-state index contributed by atoms with van der Waals surface area (Å²) in [6.45, 7) is 3.60. The third-order valence-corrected chi connectivity index (χ3v) is 4.05. The van der Waals surface area contributed by atoms with Crippen molar-refractivity contribution in [2.45, 2.75) is 25.8 Å². The second-order valence-corrected chi connectivity index (χ2v) is 5.78. The van der Waals surface area contributed by atoms with Gasteiger partial charge >= 0.3 is 0 Å². The van der Waals surface area contributed by atoms with E-state index in [4.69, 9.17) is 4.74 Å². The first-order valence-electron chi connectivity index (χ1n) is 6.18. The number of thioether (sulfide) groups is 1. The van der Waals surface area contributed by atoms with Crippen LogP contribution < -0.4 is 10.1 Å². The zero-order valence-corrected chi connectivity index (χ0v) is 12.2. The first-order valence-corrected chi connectivity index (χ1v) is 7.17. The number of hydrogen-bond acceptors (Lipinski definition) is 4. The molecule has 0 aromatic heterocycles. The van der Waals surface area contributed by atoms with Gasteiger partial charge < -0.3 is 10.1 Å². The second kappa shape index (κ2) is 5.65. The molecule has 1 heterocycles. The van der Waals surface area contributed by atoms with Crippen LogP contribution in [0.4, 0.5) is 0 Å². The minimum Gasteiger partial charge on any atom is -0.497 e. The number of benzene rings is 1. The van der Waals surface area contributed by atoms with Crippen LogP contribution in [0.2, 0.25) is 0 Å². The number of amidine groups is 1. The van der Waals surface area contributed by atoms with Gasteiger partial charge in [-0.05, 0) is 31.0 Å². The molecule has 1 amide bonds. The standard InChI is InChI=1S/C14H18N2O2S/c1-10(17)15-13-16-14(2,8-9-19-13)11-4-6-12(18-3)7-5-11/h4-7H,8-9H2,1-3H3,(H,15,16,17). The summed E-state index contributed by atoms with van der Waals surface area (Å²) in [6, 6.07) is 7.94. The molecule has 1 N–H and O–H groups in total. The van der Waals surface area contributed by atoms with Crippen molar-refractivity contribution in [3.8, 4) is 5.75 Å². The summed E-state index contributed by atoms with van der Waals surface area (Å²) in [4.78, 5) is 15.8. The largest absolute Gasteiger partial charge is 0.497 e. The van der Waals surface area contributed by atoms with E-state index in [0.717, 1.165) is 23.5 Å². The van der Waals surface area contributed by atoms with Crippen molar-refractivity contribution in [2.75, 3.05) is 12.9 Å². The van der Waals surface area contributed by atoms with E-state index in [1.54, 1.807) is 18.9 Å². The number of methoxy groups -OCH3 is 1. The van der Waals surface area contributed by atoms with Crippen LogP contribution in [-0.4, -0.2) is 23.9 Å². The van der Waals surface area contributed by atoms with Crippen LogP contribution >= 0.6 is 11.8 Å². The minimum atomic E-state index is -0.282. The van der Waals surface area contributed by atoms with Crippen molar-refractivity contribution in [1.82, 2.24) is 5.32 Å². The van der Waals surface area contributed by atoms with Gasteiger partial charge in [0.2, 0.25) is 5.91 Å². The van der Waals surface area contributed by atoms with Gasteiger partial charge in [-0.15, -0.1) is 0 Å². The van der Waals surface area contributed by atoms with Crippen LogP contribution in [-0.2, 0) is 10.3 Å². The van der Waals surface area contributed by atoms with Crippen LogP contribution in [0.1, 0.15) is 25.8 Å². The van der Waals surface area contributed by atoms with Crippen molar-refractivity contribution in [1.29, 1.82) is 0 Å². The number of amides is 1. The Kier molecular flexibility index (Phi) is 4.14. The lowest BCUT2D eigenvalue weighted by Crippen LogP contribution is -2.34. The lowest BCUT2D eigenvalue weighted by Gasteiger charge is -2.30. The van der Waals surface area contributed by atoms with E-state index in [1.807, 2.05) is 24.3 Å². The van der Waals surface area contributed by atoms with Crippen LogP contribution in [0.5, 0.6) is 5.75 Å². The summed E-state index contributed by atoms with van der Waals surface area (Å²) in [5.41, 5.74) is 0.853. The Balaban J connectivity index is 2.27. The molecule has 1 aliphatic heterocycles. The predicted octanol–water partition coefficient (Wildman–Crippen LogP) is 2.54. The van der Waals surface area contributed by atoms with E-state index in [0.29, 0.717) is 5.17 Å². The Hall–Kier alpha value is -1.49. The normalized spacial score (nSPS) is 22.6. The second-order valence-electron chi connectivity index (χ2n) is 4.70. The molecular formula is C14H18N2O2S. The zero-order valence-electron chi connectivity index (χ0n) is 11.4. The predicted molar refractivity (Wildman–Crippen MR) is 78.7 cm³/mol. The quantitative estimate of drug-likeness (QED) is 0.904. The van der Waals surface area contributed by atoms with Crippen molar-refractivity contribution < 1.29 is 9.53 Å². The first kappa shape index (κ1) is 13.9. The van der Waals surface area contributed by atoms with Crippen LogP contribution in [0.3, 0.4) is 0 Å². The van der Waals surface area contributed by atoms with Crippen LogP contribution in [0, 0.1) is 0 Å². The lowest BCUT2D eigenvalue weighted by molar-refractivity contribution is -0.117. The van der Waals surface area contributed by atoms with Gasteiger partial charge in [-0.2, -0.15) is 0 Å². The van der Waals surface area contributed by atoms with E-state index >= 15 is 0 Å². The molecule has 0 fully saturated rings. The molecule has 102 valence electrons. The summed E-state index contributed by atoms with van der Waals surface area (Å²) in [5, 5.41) is 3.48. The molecule has 0 saturated heterocycles. The Morgan fingerprint density at radius 2 is 2.11 bits per heavy atom. The van der Waals surface area contributed by atoms with Crippen molar-refractivity contribution in [3.05, 3.63) is 29.8 Å². The van der Waals surface area contributed by atoms with Gasteiger partial charge in [0, 0.05) is 12.7 Å². The van der Waals surface area contributed by atoms with Crippen molar-refractivity contribution in [3.63, 3.8) is 0 Å². The maximum Gasteiger partial charge on any atom is 0.222 e. The van der Waals surface area contributed by atoms with E-state index < -0.39 is 0 Å². The smallest absolute Gasteiger partial charge is 0.222 e. The molecular weight excluding hydrogens is 260 g/mol. The molecule has 4 nitrogen and oxygen atoms in total. The zero-order chi connectivity index (χ0) is 13.9. The number of aliphatic imine (C=N–C) groups is 1. The van der Waals surface area contributed by atoms with Gasteiger partial charge in [0.05, 0.1) is 12.6 Å². The lowest BCUT2D eigenvalue weighted by atomic mass is 9.90. The van der Waals surface area contributed by atoms with Gasteiger partial charge in [-0.25, -0.2) is 0 Å². The average Bonchev–Trinajstić information content (AvgIpc) is 2.38. The number of ether oxygens (including phenoxy) is 1. The minimum absolute atomic E-state index is 0.0785. The topological polar surface area (TPSA) is 50.7 Å². The monoisotopic (exact) mass is 278 g/mol. The third-order valence-electron chi connectivity index (χ3n) is 3.17. The number of nitrogens with zero attached hydrogens (tertiary/aromatic N) is 1. The molecule has 19 heavy (non-hydrogen) atoms. The molecule has 1 aliphatic rings. The fourth-order valence-electron chi connectivity index (χ4n) is 2.03. The summed E-state index contributed by atoms with van der Waals surface area (Å²) in [6.07, 6.45) is 0.951. The molecule has 1 atom stereocenters. The van der Waals surface area contributed by atoms with Gasteiger partial charge in [0.25, 0.3) is 0 Å². The summed E-state index contributed by atoms with van der Waals surface area (Å²) < 4.78 is 5.17. The highest BCUT2D eigenvalue weighted by Gasteiger charge is 2.30. The number of hydrogen-bond donors (Lipinski definition) is 1. The molecule has 0 aliphatic carbocycles. The Morgan fingerprint density at radius 3 is 2.68 bits per heavy atom. The Bertz CT molecular complexity index is 499. The SMILES string of the molecule is COc1ccc(C2(C)CCSC(NC(C)=O)=N2)cc1. The highest BCUT2D eigenvalue weighted by molar-refractivity contribution is 8.13. The van der Waals surface area contributed by atoms with Crippen LogP contribution in [0.25, 0.3) is 0 Å². The third kappa shape index (κ3) is 3.29. The molecule has 1 unspecified atom stereocenters. The fourth-order valence-corrected chi connectivity index (χ4v) is 3.21. The molecule has 0 spiro atoms. The summed E-state index contributed by atoms with van der Waals surface area (Å²) >= 11 is 1.59. The van der Waals surface area contributed by atoms with E-state index in [9.17, 15) is 4.79 Å². The Labute approximate surface area is 117 Å².